The van der Waals surface area contributed by atoms with Crippen LogP contribution in [0.5, 0.6) is 0 Å². The largest absolute Gasteiger partial charge is 0.416 e. The summed E-state index contributed by atoms with van der Waals surface area (Å²) in [5.74, 6) is 3.57. The second-order valence-electron chi connectivity index (χ2n) is 11.0. The molecule has 2 aromatic heterocycles. The number of benzene rings is 1. The van der Waals surface area contributed by atoms with E-state index in [0.717, 1.165) is 48.6 Å². The number of halogens is 3. The minimum Gasteiger partial charge on any atom is -0.399 e. The zero-order valence-corrected chi connectivity index (χ0v) is 21.0. The second kappa shape index (κ2) is 8.32. The number of fused-ring (bicyclic) bond motifs is 5. The van der Waals surface area contributed by atoms with E-state index in [1.54, 1.807) is 6.92 Å². The minimum atomic E-state index is -4.50. The molecule has 3 saturated carbocycles. The third kappa shape index (κ3) is 3.99. The number of carbonyl (C=O) groups excluding carboxylic acids is 1. The summed E-state index contributed by atoms with van der Waals surface area (Å²) in [7, 11) is 0. The Bertz CT molecular complexity index is 1400. The molecule has 3 aromatic rings. The lowest BCUT2D eigenvalue weighted by atomic mass is 9.55. The number of aromatic nitrogens is 4. The lowest BCUT2D eigenvalue weighted by Crippen LogP contribution is -2.48. The molecule has 1 unspecified atom stereocenters. The highest BCUT2D eigenvalue weighted by Crippen LogP contribution is 2.52. The Morgan fingerprint density at radius 2 is 1.89 bits per heavy atom. The van der Waals surface area contributed by atoms with Crippen LogP contribution in [-0.4, -0.2) is 30.4 Å². The highest BCUT2D eigenvalue weighted by atomic mass is 19.4. The van der Waals surface area contributed by atoms with Crippen LogP contribution in [0, 0.1) is 30.6 Å². The summed E-state index contributed by atoms with van der Waals surface area (Å²) < 4.78 is 42.0. The van der Waals surface area contributed by atoms with Gasteiger partial charge < -0.3 is 16.0 Å². The van der Waals surface area contributed by atoms with Crippen molar-refractivity contribution in [2.45, 2.75) is 65.3 Å². The molecular formula is C26H30F3N7O. The number of amides is 1. The number of aryl methyl sites for hydroxylation is 1. The first kappa shape index (κ1) is 24.0. The first-order chi connectivity index (χ1) is 17.5. The van der Waals surface area contributed by atoms with Crippen LogP contribution >= 0.6 is 0 Å². The number of nitrogens with two attached hydrogens (primary N) is 1. The minimum absolute atomic E-state index is 0.0388. The lowest BCUT2D eigenvalue weighted by molar-refractivity contribution is -0.145. The monoisotopic (exact) mass is 513 g/mol. The Morgan fingerprint density at radius 1 is 1.14 bits per heavy atom. The summed E-state index contributed by atoms with van der Waals surface area (Å²) in [5, 5.41) is 11.6. The van der Waals surface area contributed by atoms with Gasteiger partial charge in [0.25, 0.3) is 5.78 Å². The molecule has 196 valence electrons. The molecule has 3 fully saturated rings. The first-order valence-electron chi connectivity index (χ1n) is 12.8. The van der Waals surface area contributed by atoms with Crippen LogP contribution in [0.25, 0.3) is 5.78 Å². The Labute approximate surface area is 212 Å². The van der Waals surface area contributed by atoms with Gasteiger partial charge in [0.05, 0.1) is 30.4 Å². The molecule has 37 heavy (non-hydrogen) atoms. The Balaban J connectivity index is 1.32. The summed E-state index contributed by atoms with van der Waals surface area (Å²) in [5.41, 5.74) is 7.15. The van der Waals surface area contributed by atoms with Gasteiger partial charge in [0.1, 0.15) is 11.6 Å². The fourth-order valence-corrected chi connectivity index (χ4v) is 6.42. The van der Waals surface area contributed by atoms with Gasteiger partial charge >= 0.3 is 6.18 Å². The van der Waals surface area contributed by atoms with Crippen LogP contribution in [0.3, 0.4) is 0 Å². The van der Waals surface area contributed by atoms with Crippen molar-refractivity contribution in [1.29, 1.82) is 0 Å². The lowest BCUT2D eigenvalue weighted by Gasteiger charge is -2.50. The smallest absolute Gasteiger partial charge is 0.399 e. The number of rotatable bonds is 4. The first-order valence-corrected chi connectivity index (χ1v) is 12.8. The average Bonchev–Trinajstić information content (AvgIpc) is 3.40. The third-order valence-corrected chi connectivity index (χ3v) is 8.61. The highest BCUT2D eigenvalue weighted by Gasteiger charge is 2.48. The van der Waals surface area contributed by atoms with Crippen molar-refractivity contribution < 1.29 is 18.0 Å². The SMILES string of the molecule is Cc1nnc2nc(N[C@H](C)c3cc(N)cc(C(F)(F)F)c3)c3c(n12)CN(C(=O)C1C[C@H](C)C2CC1C2)C3. The van der Waals surface area contributed by atoms with Gasteiger partial charge in [-0.05, 0) is 74.6 Å². The van der Waals surface area contributed by atoms with Gasteiger partial charge in [-0.1, -0.05) is 6.92 Å². The molecule has 4 aliphatic rings. The number of nitrogen functional groups attached to an aromatic ring is 1. The van der Waals surface area contributed by atoms with Crippen LogP contribution < -0.4 is 11.1 Å². The fraction of sp³-hybridized carbons (Fsp3) is 0.538. The van der Waals surface area contributed by atoms with E-state index in [2.05, 4.69) is 27.4 Å². The van der Waals surface area contributed by atoms with Gasteiger partial charge in [-0.2, -0.15) is 18.2 Å². The number of hydrogen-bond donors (Lipinski definition) is 2. The molecule has 2 bridgehead atoms. The third-order valence-electron chi connectivity index (χ3n) is 8.61. The fourth-order valence-electron chi connectivity index (χ4n) is 6.42. The van der Waals surface area contributed by atoms with Crippen molar-refractivity contribution in [3.63, 3.8) is 0 Å². The average molecular weight is 514 g/mol. The maximum absolute atomic E-state index is 13.7. The predicted octanol–water partition coefficient (Wildman–Crippen LogP) is 4.73. The molecule has 3 heterocycles. The maximum Gasteiger partial charge on any atom is 0.416 e. The normalized spacial score (nSPS) is 25.6. The molecule has 1 amide bonds. The van der Waals surface area contributed by atoms with Crippen molar-refractivity contribution in [2.75, 3.05) is 11.1 Å². The van der Waals surface area contributed by atoms with Crippen molar-refractivity contribution in [1.82, 2.24) is 24.5 Å². The van der Waals surface area contributed by atoms with Crippen LogP contribution in [0.1, 0.15) is 67.4 Å². The van der Waals surface area contributed by atoms with Crippen LogP contribution in [0.4, 0.5) is 24.7 Å². The molecule has 1 aliphatic heterocycles. The van der Waals surface area contributed by atoms with Gasteiger partial charge in [-0.3, -0.25) is 9.20 Å². The zero-order valence-electron chi connectivity index (χ0n) is 21.0. The van der Waals surface area contributed by atoms with E-state index in [1.807, 2.05) is 16.2 Å². The number of alkyl halides is 3. The predicted molar refractivity (Wildman–Crippen MR) is 131 cm³/mol. The van der Waals surface area contributed by atoms with E-state index < -0.39 is 17.8 Å². The van der Waals surface area contributed by atoms with Gasteiger partial charge in [-0.15, -0.1) is 10.2 Å². The summed E-state index contributed by atoms with van der Waals surface area (Å²) in [6.45, 7) is 6.65. The van der Waals surface area contributed by atoms with Gasteiger partial charge in [0, 0.05) is 17.2 Å². The van der Waals surface area contributed by atoms with Crippen molar-refractivity contribution >= 4 is 23.2 Å². The molecule has 0 saturated heterocycles. The molecule has 7 rings (SSSR count). The van der Waals surface area contributed by atoms with E-state index >= 15 is 0 Å². The maximum atomic E-state index is 13.7. The van der Waals surface area contributed by atoms with E-state index in [-0.39, 0.29) is 17.5 Å². The molecule has 3 N–H and O–H groups in total. The topological polar surface area (TPSA) is 101 Å². The number of nitrogens with zero attached hydrogens (tertiary/aromatic N) is 5. The zero-order chi connectivity index (χ0) is 26.2. The van der Waals surface area contributed by atoms with E-state index in [0.29, 0.717) is 47.9 Å². The van der Waals surface area contributed by atoms with Gasteiger partial charge in [0.2, 0.25) is 5.91 Å². The van der Waals surface area contributed by atoms with Crippen LogP contribution in [0.2, 0.25) is 0 Å². The summed E-state index contributed by atoms with van der Waals surface area (Å²) >= 11 is 0. The summed E-state index contributed by atoms with van der Waals surface area (Å²) in [4.78, 5) is 20.2. The van der Waals surface area contributed by atoms with Gasteiger partial charge in [-0.25, -0.2) is 0 Å². The van der Waals surface area contributed by atoms with E-state index in [9.17, 15) is 18.0 Å². The molecule has 0 radical (unpaired) electrons. The molecule has 8 nitrogen and oxygen atoms in total. The quantitative estimate of drug-likeness (QED) is 0.489. The number of hydrogen-bond acceptors (Lipinski definition) is 6. The Morgan fingerprint density at radius 3 is 2.59 bits per heavy atom. The van der Waals surface area contributed by atoms with E-state index in [4.69, 9.17) is 5.73 Å². The molecular weight excluding hydrogens is 483 g/mol. The van der Waals surface area contributed by atoms with Crippen LogP contribution in [0.15, 0.2) is 18.2 Å². The number of anilines is 2. The number of carbonyl (C=O) groups is 1. The molecule has 3 atom stereocenters. The number of nitrogens with one attached hydrogen (secondary N) is 1. The molecule has 3 aliphatic carbocycles. The molecule has 11 heteroatoms. The Kier molecular flexibility index (Phi) is 5.40. The highest BCUT2D eigenvalue weighted by molar-refractivity contribution is 5.80. The van der Waals surface area contributed by atoms with E-state index in [1.165, 1.54) is 6.07 Å². The summed E-state index contributed by atoms with van der Waals surface area (Å²) in [6, 6.07) is 3.03. The van der Waals surface area contributed by atoms with Crippen LogP contribution in [-0.2, 0) is 24.1 Å². The summed E-state index contributed by atoms with van der Waals surface area (Å²) in [6.07, 6.45) is -1.29. The van der Waals surface area contributed by atoms with Crippen molar-refractivity contribution in [2.24, 2.45) is 23.7 Å². The second-order valence-corrected chi connectivity index (χ2v) is 11.0. The standard InChI is InChI=1S/C26H30F3N7O/c1-12-4-20(17-5-15(12)6-17)24(37)35-10-21-22(11-35)36-14(3)33-34-25(36)32-23(21)31-13(2)16-7-18(26(27,28)29)9-19(30)8-16/h7-9,12-13,15,17,20H,4-6,10-11,30H2,1-3H3,(H,31,32,34)/t12-,13+,15?,17?,20?/m0/s1. The van der Waals surface area contributed by atoms with Crippen molar-refractivity contribution in [3.8, 4) is 0 Å². The molecule has 1 aromatic carbocycles. The van der Waals surface area contributed by atoms with Crippen molar-refractivity contribution in [3.05, 3.63) is 46.4 Å². The van der Waals surface area contributed by atoms with Gasteiger partial charge in [0.15, 0.2) is 0 Å². The Hall–Kier alpha value is -3.37. The molecule has 0 spiro atoms.